The van der Waals surface area contributed by atoms with Gasteiger partial charge in [-0.3, -0.25) is 0 Å². The zero-order chi connectivity index (χ0) is 31.3. The fourth-order valence-electron chi connectivity index (χ4n) is 2.37. The number of nitrogens with one attached hydrogen (secondary N) is 1. The lowest BCUT2D eigenvalue weighted by Gasteiger charge is -2.08. The Morgan fingerprint density at radius 1 is 0.577 bits per heavy atom. The molecule has 0 atom stereocenters. The Morgan fingerprint density at radius 2 is 1.23 bits per heavy atom. The molecule has 0 fully saturated rings. The summed E-state index contributed by atoms with van der Waals surface area (Å²) in [5.41, 5.74) is -2.80. The van der Waals surface area contributed by atoms with Crippen LogP contribution in [0.1, 0.15) is 21.9 Å². The molecule has 0 aliphatic carbocycles. The van der Waals surface area contributed by atoms with Crippen LogP contribution in [0.4, 0.5) is 11.4 Å². The van der Waals surface area contributed by atoms with Gasteiger partial charge >= 0.3 is 0 Å². The van der Waals surface area contributed by atoms with Gasteiger partial charge in [-0.15, -0.1) is 0 Å². The summed E-state index contributed by atoms with van der Waals surface area (Å²) in [6.07, 6.45) is 0. The van der Waals surface area contributed by atoms with E-state index in [1.807, 2.05) is 0 Å². The number of hydrogen-bond acceptors (Lipinski definition) is 2. The second-order valence-corrected chi connectivity index (χ2v) is 5.14. The summed E-state index contributed by atoms with van der Waals surface area (Å²) in [6.45, 7) is 0. The third kappa shape index (κ3) is 2.62. The Hall–Kier alpha value is -3.52. The van der Waals surface area contributed by atoms with Gasteiger partial charge in [0.25, 0.3) is 0 Å². The third-order valence-corrected chi connectivity index (χ3v) is 3.51. The van der Waals surface area contributed by atoms with Crippen LogP contribution in [-0.4, -0.2) is 0 Å². The molecule has 0 aliphatic heterocycles. The first-order chi connectivity index (χ1) is 19.5. The summed E-state index contributed by atoms with van der Waals surface area (Å²) >= 11 is 0. The standard InChI is InChI=1S/C24H17NO/c1-2-6-17(7-3-1)18-10-12-19(13-11-18)25-20-14-15-24-22(16-20)21-8-4-5-9-23(21)26-24/h1-16,25H/i1D,2D,3D,4D,5D,6D,7D,8D,9D,10D,11D,12D,13D,14D,15D,16D. The van der Waals surface area contributed by atoms with E-state index in [0.717, 1.165) is 0 Å². The van der Waals surface area contributed by atoms with Gasteiger partial charge in [0.05, 0.1) is 21.9 Å². The highest BCUT2D eigenvalue weighted by Gasteiger charge is 2.07. The average Bonchev–Trinajstić information content (AvgIpc) is 3.37. The van der Waals surface area contributed by atoms with Crippen molar-refractivity contribution in [3.8, 4) is 11.1 Å². The first kappa shape index (κ1) is 5.75. The maximum atomic E-state index is 8.76. The molecule has 2 nitrogen and oxygen atoms in total. The molecule has 2 heteroatoms. The molecule has 4 aromatic carbocycles. The molecule has 0 amide bonds. The van der Waals surface area contributed by atoms with E-state index in [1.54, 1.807) is 0 Å². The van der Waals surface area contributed by atoms with Crippen LogP contribution in [0.25, 0.3) is 33.1 Å². The molecule has 1 N–H and O–H groups in total. The Morgan fingerprint density at radius 3 is 2.08 bits per heavy atom. The molecule has 26 heavy (non-hydrogen) atoms. The summed E-state index contributed by atoms with van der Waals surface area (Å²) in [5, 5.41) is 2.06. The Bertz CT molecular complexity index is 1970. The maximum Gasteiger partial charge on any atom is 0.135 e. The topological polar surface area (TPSA) is 25.2 Å². The number of para-hydroxylation sites is 1. The van der Waals surface area contributed by atoms with Crippen molar-refractivity contribution in [2.75, 3.05) is 5.32 Å². The minimum absolute atomic E-state index is 0.214. The quantitative estimate of drug-likeness (QED) is 0.379. The molecular weight excluding hydrogens is 318 g/mol. The van der Waals surface area contributed by atoms with Crippen molar-refractivity contribution in [2.24, 2.45) is 0 Å². The highest BCUT2D eigenvalue weighted by atomic mass is 16.3. The van der Waals surface area contributed by atoms with Crippen LogP contribution in [-0.2, 0) is 0 Å². The third-order valence-electron chi connectivity index (χ3n) is 3.51. The fourth-order valence-corrected chi connectivity index (χ4v) is 2.37. The lowest BCUT2D eigenvalue weighted by molar-refractivity contribution is 0.669. The number of furan rings is 1. The minimum atomic E-state index is -0.773. The SMILES string of the molecule is [2H]c1c([2H])c([2H])c(-c2c([2H])c([2H])c(Nc3c([2H])c([2H])c4oc5c([2H])c([2H])c([2H])c([2H])c5c4c3[2H])c([2H])c2[2H])c([2H])c1[2H]. The van der Waals surface area contributed by atoms with E-state index in [1.165, 1.54) is 0 Å². The number of anilines is 2. The Kier molecular flexibility index (Phi) is 1.35. The smallest absolute Gasteiger partial charge is 0.135 e. The van der Waals surface area contributed by atoms with Crippen LogP contribution in [0.2, 0.25) is 0 Å². The first-order valence-electron chi connectivity index (χ1n) is 15.4. The van der Waals surface area contributed by atoms with E-state index in [2.05, 4.69) is 5.32 Å². The van der Waals surface area contributed by atoms with Crippen LogP contribution in [0.3, 0.4) is 0 Å². The van der Waals surface area contributed by atoms with E-state index in [9.17, 15) is 0 Å². The van der Waals surface area contributed by atoms with Crippen LogP contribution >= 0.6 is 0 Å². The van der Waals surface area contributed by atoms with E-state index in [0.29, 0.717) is 0 Å². The van der Waals surface area contributed by atoms with Crippen LogP contribution in [0.5, 0.6) is 0 Å². The van der Waals surface area contributed by atoms with Gasteiger partial charge in [0.15, 0.2) is 0 Å². The van der Waals surface area contributed by atoms with Crippen molar-refractivity contribution in [1.29, 1.82) is 0 Å². The zero-order valence-corrected chi connectivity index (χ0v) is 12.9. The Labute approximate surface area is 174 Å². The van der Waals surface area contributed by atoms with Gasteiger partial charge in [-0.05, 0) is 47.4 Å². The molecule has 0 radical (unpaired) electrons. The number of fused-ring (bicyclic) bond motifs is 3. The highest BCUT2D eigenvalue weighted by molar-refractivity contribution is 6.06. The molecule has 0 aliphatic rings. The van der Waals surface area contributed by atoms with Crippen molar-refractivity contribution < 1.29 is 26.3 Å². The number of benzene rings is 4. The number of rotatable bonds is 3. The summed E-state index contributed by atoms with van der Waals surface area (Å²) in [4.78, 5) is 0. The lowest BCUT2D eigenvalue weighted by atomic mass is 10.1. The summed E-state index contributed by atoms with van der Waals surface area (Å²) in [7, 11) is 0. The van der Waals surface area contributed by atoms with Gasteiger partial charge in [0, 0.05) is 22.1 Å². The van der Waals surface area contributed by atoms with E-state index in [4.69, 9.17) is 26.3 Å². The highest BCUT2D eigenvalue weighted by Crippen LogP contribution is 2.31. The zero-order valence-electron chi connectivity index (χ0n) is 28.9. The molecule has 0 saturated heterocycles. The summed E-state index contributed by atoms with van der Waals surface area (Å²) in [5.74, 6) is 0. The monoisotopic (exact) mass is 351 g/mol. The van der Waals surface area contributed by atoms with Crippen LogP contribution < -0.4 is 5.32 Å². The van der Waals surface area contributed by atoms with Crippen molar-refractivity contribution in [3.63, 3.8) is 0 Å². The molecule has 124 valence electrons. The molecular formula is C24H17NO. The van der Waals surface area contributed by atoms with Gasteiger partial charge in [-0.1, -0.05) is 60.4 Å². The predicted molar refractivity (Wildman–Crippen MR) is 109 cm³/mol. The second kappa shape index (κ2) is 6.08. The average molecular weight is 352 g/mol. The largest absolute Gasteiger partial charge is 0.456 e. The molecule has 0 bridgehead atoms. The first-order valence-corrected chi connectivity index (χ1v) is 7.41. The Balaban J connectivity index is 1.79. The summed E-state index contributed by atoms with van der Waals surface area (Å²) < 4.78 is 138. The van der Waals surface area contributed by atoms with Gasteiger partial charge in [0.1, 0.15) is 11.2 Å². The van der Waals surface area contributed by atoms with Crippen molar-refractivity contribution in [1.82, 2.24) is 0 Å². The molecule has 1 aromatic heterocycles. The van der Waals surface area contributed by atoms with Gasteiger partial charge in [0.2, 0.25) is 0 Å². The van der Waals surface area contributed by atoms with Gasteiger partial charge in [-0.25, -0.2) is 0 Å². The lowest BCUT2D eigenvalue weighted by Crippen LogP contribution is -1.89. The molecule has 1 heterocycles. The van der Waals surface area contributed by atoms with Crippen LogP contribution in [0, 0.1) is 0 Å². The number of hydrogen-bond donors (Lipinski definition) is 1. The maximum absolute atomic E-state index is 8.76. The molecule has 5 aromatic rings. The van der Waals surface area contributed by atoms with E-state index >= 15 is 0 Å². The fraction of sp³-hybridized carbons (Fsp3) is 0. The van der Waals surface area contributed by atoms with Crippen molar-refractivity contribution in [3.05, 3.63) is 96.7 Å². The molecule has 0 unspecified atom stereocenters. The van der Waals surface area contributed by atoms with Crippen molar-refractivity contribution in [2.45, 2.75) is 0 Å². The summed E-state index contributed by atoms with van der Waals surface area (Å²) in [6, 6.07) is -10.9. The predicted octanol–water partition coefficient (Wildman–Crippen LogP) is 7.00. The minimum Gasteiger partial charge on any atom is -0.456 e. The van der Waals surface area contributed by atoms with E-state index in [-0.39, 0.29) is 21.9 Å². The second-order valence-electron chi connectivity index (χ2n) is 5.14. The van der Waals surface area contributed by atoms with Crippen LogP contribution in [0.15, 0.2) is 101 Å². The molecule has 0 saturated carbocycles. The molecule has 5 rings (SSSR count). The van der Waals surface area contributed by atoms with E-state index < -0.39 is 119 Å². The van der Waals surface area contributed by atoms with Gasteiger partial charge in [-0.2, -0.15) is 0 Å². The van der Waals surface area contributed by atoms with Gasteiger partial charge < -0.3 is 9.73 Å². The van der Waals surface area contributed by atoms with Crippen molar-refractivity contribution >= 4 is 33.3 Å². The normalized spacial score (nSPS) is 19.7. The molecule has 0 spiro atoms.